The van der Waals surface area contributed by atoms with E-state index in [4.69, 9.17) is 15.2 Å². The van der Waals surface area contributed by atoms with E-state index in [0.717, 1.165) is 37.8 Å². The second kappa shape index (κ2) is 6.62. The van der Waals surface area contributed by atoms with Crippen molar-refractivity contribution >= 4 is 39.1 Å². The molecule has 2 N–H and O–H groups in total. The number of benzene rings is 2. The number of fused-ring (bicyclic) bond motifs is 1. The van der Waals surface area contributed by atoms with Crippen molar-refractivity contribution in [1.82, 2.24) is 4.98 Å². The van der Waals surface area contributed by atoms with E-state index in [-0.39, 0.29) is 0 Å². The van der Waals surface area contributed by atoms with Crippen molar-refractivity contribution in [3.8, 4) is 11.5 Å². The number of anilines is 1. The second-order valence-electron chi connectivity index (χ2n) is 5.26. The van der Waals surface area contributed by atoms with E-state index < -0.39 is 0 Å². The lowest BCUT2D eigenvalue weighted by Gasteiger charge is -2.12. The fourth-order valence-electron chi connectivity index (χ4n) is 2.60. The largest absolute Gasteiger partial charge is 0.493 e. The van der Waals surface area contributed by atoms with Crippen molar-refractivity contribution < 1.29 is 9.47 Å². The van der Waals surface area contributed by atoms with Gasteiger partial charge in [-0.1, -0.05) is 6.07 Å². The summed E-state index contributed by atoms with van der Waals surface area (Å²) in [6.07, 6.45) is 4.53. The molecular formula is C18H17IN2O2. The monoisotopic (exact) mass is 420 g/mol. The first-order valence-electron chi connectivity index (χ1n) is 7.15. The number of pyridine rings is 1. The van der Waals surface area contributed by atoms with Crippen molar-refractivity contribution in [2.24, 2.45) is 0 Å². The maximum atomic E-state index is 5.89. The first kappa shape index (κ1) is 15.9. The summed E-state index contributed by atoms with van der Waals surface area (Å²) in [5.74, 6) is 1.43. The van der Waals surface area contributed by atoms with Gasteiger partial charge in [-0.3, -0.25) is 4.98 Å². The third-order valence-corrected chi connectivity index (χ3v) is 4.74. The van der Waals surface area contributed by atoms with Crippen LogP contribution in [0.5, 0.6) is 11.5 Å². The van der Waals surface area contributed by atoms with Gasteiger partial charge in [0.1, 0.15) is 0 Å². The molecule has 0 unspecified atom stereocenters. The molecule has 23 heavy (non-hydrogen) atoms. The lowest BCUT2D eigenvalue weighted by molar-refractivity contribution is 0.356. The molecule has 0 fully saturated rings. The second-order valence-corrected chi connectivity index (χ2v) is 6.42. The van der Waals surface area contributed by atoms with Crippen LogP contribution in [0.15, 0.2) is 42.7 Å². The minimum absolute atomic E-state index is 0.709. The first-order valence-corrected chi connectivity index (χ1v) is 8.22. The molecule has 5 heteroatoms. The molecule has 118 valence electrons. The van der Waals surface area contributed by atoms with Crippen molar-refractivity contribution in [2.45, 2.75) is 6.42 Å². The first-order chi connectivity index (χ1) is 11.1. The van der Waals surface area contributed by atoms with Crippen LogP contribution < -0.4 is 15.2 Å². The molecule has 1 heterocycles. The van der Waals surface area contributed by atoms with Crippen molar-refractivity contribution in [3.05, 3.63) is 57.4 Å². The molecule has 0 bridgehead atoms. The van der Waals surface area contributed by atoms with Crippen LogP contribution in [-0.2, 0) is 6.42 Å². The van der Waals surface area contributed by atoms with Gasteiger partial charge in [0, 0.05) is 27.0 Å². The molecule has 0 saturated heterocycles. The van der Waals surface area contributed by atoms with Gasteiger partial charge in [-0.15, -0.1) is 0 Å². The smallest absolute Gasteiger partial charge is 0.161 e. The van der Waals surface area contributed by atoms with E-state index in [9.17, 15) is 0 Å². The van der Waals surface area contributed by atoms with Gasteiger partial charge in [0.05, 0.1) is 14.2 Å². The third kappa shape index (κ3) is 3.19. The fraction of sp³-hybridized carbons (Fsp3) is 0.167. The summed E-state index contributed by atoms with van der Waals surface area (Å²) in [5.41, 5.74) is 9.04. The van der Waals surface area contributed by atoms with E-state index in [1.807, 2.05) is 30.6 Å². The summed E-state index contributed by atoms with van der Waals surface area (Å²) in [5, 5.41) is 2.15. The van der Waals surface area contributed by atoms with Gasteiger partial charge >= 0.3 is 0 Å². The van der Waals surface area contributed by atoms with Crippen LogP contribution in [0.4, 0.5) is 5.69 Å². The fourth-order valence-corrected chi connectivity index (χ4v) is 3.18. The standard InChI is InChI=1S/C18H17IN2O2/c1-22-17-7-13-10-21-9-12(14(13)8-18(17)23-2)5-11-3-4-16(20)15(19)6-11/h3-4,6-10H,5,20H2,1-2H3. The number of rotatable bonds is 4. The van der Waals surface area contributed by atoms with Crippen LogP contribution in [0.25, 0.3) is 10.8 Å². The van der Waals surface area contributed by atoms with E-state index in [1.165, 1.54) is 5.56 Å². The van der Waals surface area contributed by atoms with Crippen molar-refractivity contribution in [2.75, 3.05) is 20.0 Å². The summed E-state index contributed by atoms with van der Waals surface area (Å²) in [6.45, 7) is 0. The predicted octanol–water partition coefficient (Wildman–Crippen LogP) is 4.03. The lowest BCUT2D eigenvalue weighted by atomic mass is 10.0. The van der Waals surface area contributed by atoms with Gasteiger partial charge in [-0.25, -0.2) is 0 Å². The molecule has 2 aromatic carbocycles. The Bertz CT molecular complexity index is 865. The number of aromatic nitrogens is 1. The Kier molecular flexibility index (Phi) is 4.56. The molecule has 0 spiro atoms. The van der Waals surface area contributed by atoms with E-state index in [1.54, 1.807) is 14.2 Å². The molecule has 1 aromatic heterocycles. The number of halogens is 1. The van der Waals surface area contributed by atoms with Crippen LogP contribution in [0, 0.1) is 3.57 Å². The highest BCUT2D eigenvalue weighted by Gasteiger charge is 2.10. The normalized spacial score (nSPS) is 10.7. The molecule has 4 nitrogen and oxygen atoms in total. The van der Waals surface area contributed by atoms with E-state index in [2.05, 4.69) is 39.7 Å². The summed E-state index contributed by atoms with van der Waals surface area (Å²) in [7, 11) is 3.28. The lowest BCUT2D eigenvalue weighted by Crippen LogP contribution is -1.96. The number of hydrogen-bond acceptors (Lipinski definition) is 4. The highest BCUT2D eigenvalue weighted by atomic mass is 127. The Labute approximate surface area is 148 Å². The van der Waals surface area contributed by atoms with Gasteiger partial charge in [0.2, 0.25) is 0 Å². The molecule has 0 radical (unpaired) electrons. The number of nitrogens with zero attached hydrogens (tertiary/aromatic N) is 1. The highest BCUT2D eigenvalue weighted by Crippen LogP contribution is 2.34. The van der Waals surface area contributed by atoms with Gasteiger partial charge < -0.3 is 15.2 Å². The molecule has 3 rings (SSSR count). The summed E-state index contributed by atoms with van der Waals surface area (Å²) >= 11 is 2.25. The molecule has 0 aliphatic rings. The molecular weight excluding hydrogens is 403 g/mol. The SMILES string of the molecule is COc1cc2cncc(Cc3ccc(N)c(I)c3)c2cc1OC. The van der Waals surface area contributed by atoms with Crippen LogP contribution in [0.1, 0.15) is 11.1 Å². The van der Waals surface area contributed by atoms with Crippen molar-refractivity contribution in [3.63, 3.8) is 0 Å². The Morgan fingerprint density at radius 3 is 2.48 bits per heavy atom. The average molecular weight is 420 g/mol. The molecule has 0 amide bonds. The summed E-state index contributed by atoms with van der Waals surface area (Å²) in [4.78, 5) is 4.36. The van der Waals surface area contributed by atoms with Crippen molar-refractivity contribution in [1.29, 1.82) is 0 Å². The van der Waals surface area contributed by atoms with Gasteiger partial charge in [-0.2, -0.15) is 0 Å². The maximum Gasteiger partial charge on any atom is 0.161 e. The van der Waals surface area contributed by atoms with Crippen LogP contribution >= 0.6 is 22.6 Å². The zero-order valence-corrected chi connectivity index (χ0v) is 15.1. The Balaban J connectivity index is 2.08. The third-order valence-electron chi connectivity index (χ3n) is 3.81. The number of ether oxygens (including phenoxy) is 2. The predicted molar refractivity (Wildman–Crippen MR) is 101 cm³/mol. The van der Waals surface area contributed by atoms with Crippen LogP contribution in [0.3, 0.4) is 0 Å². The molecule has 0 aliphatic carbocycles. The molecule has 0 atom stereocenters. The topological polar surface area (TPSA) is 57.4 Å². The number of methoxy groups -OCH3 is 2. The van der Waals surface area contributed by atoms with Crippen LogP contribution in [-0.4, -0.2) is 19.2 Å². The number of hydrogen-bond donors (Lipinski definition) is 1. The molecule has 0 saturated carbocycles. The zero-order valence-electron chi connectivity index (χ0n) is 13.0. The molecule has 3 aromatic rings. The summed E-state index contributed by atoms with van der Waals surface area (Å²) in [6, 6.07) is 10.1. The van der Waals surface area contributed by atoms with E-state index >= 15 is 0 Å². The maximum absolute atomic E-state index is 5.89. The minimum atomic E-state index is 0.709. The summed E-state index contributed by atoms with van der Waals surface area (Å²) < 4.78 is 11.8. The Hall–Kier alpha value is -2.02. The van der Waals surface area contributed by atoms with Gasteiger partial charge in [-0.05, 0) is 69.8 Å². The van der Waals surface area contributed by atoms with E-state index in [0.29, 0.717) is 5.75 Å². The zero-order chi connectivity index (χ0) is 16.4. The van der Waals surface area contributed by atoms with Gasteiger partial charge in [0.15, 0.2) is 11.5 Å². The Morgan fingerprint density at radius 2 is 1.78 bits per heavy atom. The minimum Gasteiger partial charge on any atom is -0.493 e. The van der Waals surface area contributed by atoms with Crippen LogP contribution in [0.2, 0.25) is 0 Å². The number of nitrogens with two attached hydrogens (primary N) is 1. The molecule has 0 aliphatic heterocycles. The number of nitrogen functional groups attached to an aromatic ring is 1. The average Bonchev–Trinajstić information content (AvgIpc) is 2.57. The van der Waals surface area contributed by atoms with Gasteiger partial charge in [0.25, 0.3) is 0 Å². The Morgan fingerprint density at radius 1 is 1.04 bits per heavy atom. The highest BCUT2D eigenvalue weighted by molar-refractivity contribution is 14.1. The quantitative estimate of drug-likeness (QED) is 0.512.